The molecule has 1 aliphatic carbocycles. The van der Waals surface area contributed by atoms with Crippen molar-refractivity contribution in [2.24, 2.45) is 0 Å². The fraction of sp³-hybridized carbons (Fsp3) is 0.231. The van der Waals surface area contributed by atoms with Crippen LogP contribution < -0.4 is 30.1 Å². The summed E-state index contributed by atoms with van der Waals surface area (Å²) in [4.78, 5) is 5.26. The highest BCUT2D eigenvalue weighted by Crippen LogP contribution is 2.58. The summed E-state index contributed by atoms with van der Waals surface area (Å²) in [6.07, 6.45) is 2.33. The van der Waals surface area contributed by atoms with Crippen molar-refractivity contribution in [3.8, 4) is 34.1 Å². The average molecular weight is 741 g/mol. The van der Waals surface area contributed by atoms with Gasteiger partial charge in [0.1, 0.15) is 0 Å². The molecule has 0 atom stereocenters. The number of rotatable bonds is 1. The highest BCUT2D eigenvalue weighted by molar-refractivity contribution is 6.94. The fourth-order valence-electron chi connectivity index (χ4n) is 11.1. The standard InChI is InChI=1S/C52H45BN2O2/c1-30-25-37-38(51(4,5)24-23-50(37,2)3)27-41(30)54-42-29-46-45(56-43-21-12-13-22-44(43)57-46)28-39(42)53-47-34(26-31-15-8-9-16-32(31)49(47)54)33-17-14-19-36-48(33)55(53)40-20-11-10-18-35(40)52(36,6)7/h8-22,25-29H,23-24H2,1-7H3. The van der Waals surface area contributed by atoms with Crippen LogP contribution in [0, 0.1) is 6.92 Å². The first-order chi connectivity index (χ1) is 27.4. The van der Waals surface area contributed by atoms with Crippen LogP contribution in [0.2, 0.25) is 0 Å². The molecular weight excluding hydrogens is 695 g/mol. The summed E-state index contributed by atoms with van der Waals surface area (Å²) < 4.78 is 13.5. The van der Waals surface area contributed by atoms with Crippen LogP contribution in [0.1, 0.15) is 82.2 Å². The first kappa shape index (κ1) is 33.2. The predicted octanol–water partition coefficient (Wildman–Crippen LogP) is 12.7. The van der Waals surface area contributed by atoms with E-state index in [1.165, 1.54) is 89.8 Å². The van der Waals surface area contributed by atoms with Gasteiger partial charge in [-0.15, -0.1) is 0 Å². The lowest BCUT2D eigenvalue weighted by Gasteiger charge is -2.51. The number of para-hydroxylation sites is 4. The van der Waals surface area contributed by atoms with Gasteiger partial charge in [-0.2, -0.15) is 0 Å². The summed E-state index contributed by atoms with van der Waals surface area (Å²) in [7, 11) is 0. The van der Waals surface area contributed by atoms with E-state index in [1.54, 1.807) is 0 Å². The minimum atomic E-state index is -0.184. The second kappa shape index (κ2) is 10.9. The molecule has 0 aromatic heterocycles. The van der Waals surface area contributed by atoms with Crippen molar-refractivity contribution in [1.82, 2.24) is 0 Å². The van der Waals surface area contributed by atoms with E-state index in [4.69, 9.17) is 9.47 Å². The van der Waals surface area contributed by atoms with Crippen molar-refractivity contribution >= 4 is 57.0 Å². The molecule has 0 amide bonds. The predicted molar refractivity (Wildman–Crippen MR) is 236 cm³/mol. The molecule has 5 aliphatic rings. The van der Waals surface area contributed by atoms with Crippen LogP contribution in [-0.2, 0) is 16.2 Å². The van der Waals surface area contributed by atoms with Gasteiger partial charge in [-0.3, -0.25) is 0 Å². The highest BCUT2D eigenvalue weighted by Gasteiger charge is 2.51. The summed E-state index contributed by atoms with van der Waals surface area (Å²) in [5.74, 6) is 2.95. The van der Waals surface area contributed by atoms with Crippen LogP contribution in [0.3, 0.4) is 0 Å². The monoisotopic (exact) mass is 740 g/mol. The number of ether oxygens (including phenoxy) is 2. The van der Waals surface area contributed by atoms with Crippen molar-refractivity contribution in [2.75, 3.05) is 9.71 Å². The Morgan fingerprint density at radius 2 is 1.18 bits per heavy atom. The van der Waals surface area contributed by atoms with Gasteiger partial charge in [0.25, 0.3) is 0 Å². The van der Waals surface area contributed by atoms with Crippen LogP contribution >= 0.6 is 0 Å². The molecular formula is C52H45BN2O2. The lowest BCUT2D eigenvalue weighted by Crippen LogP contribution is -2.63. The van der Waals surface area contributed by atoms with Crippen molar-refractivity contribution in [3.63, 3.8) is 0 Å². The SMILES string of the molecule is Cc1cc2c(cc1N1c3cc4c(cc3B3c5c(cc6ccccc6c51)-c1cccc5c1N3c1ccccc1C5(C)C)Oc1ccccc1O4)C(C)(C)CCC2(C)C. The van der Waals surface area contributed by atoms with Crippen molar-refractivity contribution in [3.05, 3.63) is 149 Å². The first-order valence-corrected chi connectivity index (χ1v) is 20.6. The maximum Gasteiger partial charge on any atom is 0.333 e. The molecule has 0 saturated heterocycles. The van der Waals surface area contributed by atoms with Gasteiger partial charge in [-0.1, -0.05) is 120 Å². The molecule has 12 rings (SSSR count). The molecule has 0 N–H and O–H groups in total. The van der Waals surface area contributed by atoms with Crippen LogP contribution in [0.15, 0.2) is 121 Å². The molecule has 0 unspecified atom stereocenters. The Balaban J connectivity index is 1.24. The third-order valence-corrected chi connectivity index (χ3v) is 14.2. The molecule has 4 nitrogen and oxygen atoms in total. The van der Waals surface area contributed by atoms with Gasteiger partial charge in [-0.25, -0.2) is 0 Å². The largest absolute Gasteiger partial charge is 0.450 e. The number of hydrogen-bond donors (Lipinski definition) is 0. The lowest BCUT2D eigenvalue weighted by atomic mass is 9.42. The second-order valence-electron chi connectivity index (χ2n) is 18.8. The average Bonchev–Trinajstić information content (AvgIpc) is 3.20. The molecule has 57 heavy (non-hydrogen) atoms. The zero-order valence-corrected chi connectivity index (χ0v) is 33.7. The highest BCUT2D eigenvalue weighted by atomic mass is 16.6. The Labute approximate surface area is 335 Å². The minimum absolute atomic E-state index is 0.0445. The number of fused-ring (bicyclic) bond motifs is 11. The number of benzene rings is 7. The van der Waals surface area contributed by atoms with E-state index in [-0.39, 0.29) is 23.1 Å². The van der Waals surface area contributed by atoms with Gasteiger partial charge in [0.2, 0.25) is 0 Å². The topological polar surface area (TPSA) is 24.9 Å². The Bertz CT molecular complexity index is 2940. The maximum atomic E-state index is 6.75. The van der Waals surface area contributed by atoms with Crippen molar-refractivity contribution in [2.45, 2.75) is 77.6 Å². The second-order valence-corrected chi connectivity index (χ2v) is 18.8. The van der Waals surface area contributed by atoms with E-state index in [2.05, 4.69) is 155 Å². The normalized spacial score (nSPS) is 17.8. The molecule has 0 bridgehead atoms. The number of nitrogens with zero attached hydrogens (tertiary/aromatic N) is 2. The summed E-state index contributed by atoms with van der Waals surface area (Å²) in [5.41, 5.74) is 18.1. The number of hydrogen-bond acceptors (Lipinski definition) is 4. The smallest absolute Gasteiger partial charge is 0.333 e. The molecule has 4 heterocycles. The third kappa shape index (κ3) is 4.30. The number of anilines is 5. The minimum Gasteiger partial charge on any atom is -0.450 e. The lowest BCUT2D eigenvalue weighted by molar-refractivity contribution is 0.332. The fourth-order valence-corrected chi connectivity index (χ4v) is 11.1. The summed E-state index contributed by atoms with van der Waals surface area (Å²) in [6.45, 7) is 16.7. The Kier molecular flexibility index (Phi) is 6.36. The van der Waals surface area contributed by atoms with Gasteiger partial charge in [0.15, 0.2) is 23.0 Å². The van der Waals surface area contributed by atoms with E-state index in [0.29, 0.717) is 0 Å². The zero-order chi connectivity index (χ0) is 38.7. The van der Waals surface area contributed by atoms with Gasteiger partial charge in [0.05, 0.1) is 5.69 Å². The van der Waals surface area contributed by atoms with E-state index in [0.717, 1.165) is 35.1 Å². The molecule has 0 radical (unpaired) electrons. The van der Waals surface area contributed by atoms with E-state index >= 15 is 0 Å². The molecule has 0 saturated carbocycles. The molecule has 7 aromatic rings. The Morgan fingerprint density at radius 3 is 1.95 bits per heavy atom. The first-order valence-electron chi connectivity index (χ1n) is 20.6. The zero-order valence-electron chi connectivity index (χ0n) is 33.7. The Hall–Kier alpha value is -5.94. The number of aryl methyl sites for hydroxylation is 1. The van der Waals surface area contributed by atoms with Crippen LogP contribution in [0.5, 0.6) is 23.0 Å². The van der Waals surface area contributed by atoms with Crippen molar-refractivity contribution < 1.29 is 9.47 Å². The van der Waals surface area contributed by atoms with Crippen LogP contribution in [0.25, 0.3) is 21.9 Å². The van der Waals surface area contributed by atoms with Crippen LogP contribution in [-0.4, -0.2) is 6.85 Å². The summed E-state index contributed by atoms with van der Waals surface area (Å²) in [6, 6.07) is 45.1. The van der Waals surface area contributed by atoms with Gasteiger partial charge < -0.3 is 19.2 Å². The van der Waals surface area contributed by atoms with E-state index in [9.17, 15) is 0 Å². The van der Waals surface area contributed by atoms with Gasteiger partial charge in [-0.05, 0) is 117 Å². The molecule has 4 aliphatic heterocycles. The summed E-state index contributed by atoms with van der Waals surface area (Å²) >= 11 is 0. The van der Waals surface area contributed by atoms with Crippen molar-refractivity contribution in [1.29, 1.82) is 0 Å². The molecule has 0 fully saturated rings. The van der Waals surface area contributed by atoms with Gasteiger partial charge in [0, 0.05) is 45.2 Å². The van der Waals surface area contributed by atoms with E-state index in [1.807, 2.05) is 24.3 Å². The Morgan fingerprint density at radius 1 is 0.526 bits per heavy atom. The molecule has 5 heteroatoms. The van der Waals surface area contributed by atoms with Crippen LogP contribution in [0.4, 0.5) is 28.4 Å². The summed E-state index contributed by atoms with van der Waals surface area (Å²) in [5, 5.41) is 2.48. The molecule has 7 aromatic carbocycles. The molecule has 278 valence electrons. The van der Waals surface area contributed by atoms with E-state index < -0.39 is 0 Å². The maximum absolute atomic E-state index is 6.75. The third-order valence-electron chi connectivity index (χ3n) is 14.2. The van der Waals surface area contributed by atoms with Gasteiger partial charge >= 0.3 is 6.85 Å². The quantitative estimate of drug-likeness (QED) is 0.157. The molecule has 0 spiro atoms.